The molecule has 3 aromatic rings. The quantitative estimate of drug-likeness (QED) is 0.392. The lowest BCUT2D eigenvalue weighted by Gasteiger charge is -2.55. The SMILES string of the molecule is O=C(N[C@@H](CCCN[C@@H]1C[C@H]1c1ccc(F)cc1)C(=O)N1CC2(COC2)C1)c1ccc(-c2ncccn2)cc1. The van der Waals surface area contributed by atoms with Gasteiger partial charge in [-0.15, -0.1) is 0 Å². The van der Waals surface area contributed by atoms with Gasteiger partial charge in [0.25, 0.3) is 5.91 Å². The smallest absolute Gasteiger partial charge is 0.251 e. The van der Waals surface area contributed by atoms with Gasteiger partial charge >= 0.3 is 0 Å². The van der Waals surface area contributed by atoms with Crippen molar-refractivity contribution in [3.8, 4) is 11.4 Å². The molecule has 39 heavy (non-hydrogen) atoms. The highest BCUT2D eigenvalue weighted by molar-refractivity contribution is 5.98. The third kappa shape index (κ3) is 5.69. The Morgan fingerprint density at radius 2 is 1.77 bits per heavy atom. The topological polar surface area (TPSA) is 96.5 Å². The lowest BCUT2D eigenvalue weighted by atomic mass is 9.77. The standard InChI is InChI=1S/C30H32FN5O3/c31-23-10-8-20(9-11-23)24-15-26(24)32-12-1-3-25(29(38)36-16-30(17-36)18-39-19-30)35-28(37)22-6-4-21(5-7-22)27-33-13-2-14-34-27/h2,4-11,13-14,24-26,32H,1,3,12,15-19H2,(H,35,37)/t24-,25-,26+/m0/s1. The van der Waals surface area contributed by atoms with E-state index in [1.54, 1.807) is 30.6 Å². The van der Waals surface area contributed by atoms with Crippen LogP contribution >= 0.6 is 0 Å². The van der Waals surface area contributed by atoms with Crippen molar-refractivity contribution in [3.63, 3.8) is 0 Å². The van der Waals surface area contributed by atoms with Gasteiger partial charge in [-0.25, -0.2) is 14.4 Å². The second-order valence-electron chi connectivity index (χ2n) is 11.0. The van der Waals surface area contributed by atoms with E-state index in [1.807, 2.05) is 29.2 Å². The molecule has 202 valence electrons. The molecule has 3 atom stereocenters. The number of ether oxygens (including phenoxy) is 1. The number of nitrogens with one attached hydrogen (secondary N) is 2. The zero-order valence-corrected chi connectivity index (χ0v) is 21.7. The van der Waals surface area contributed by atoms with Crippen molar-refractivity contribution in [2.24, 2.45) is 5.41 Å². The highest BCUT2D eigenvalue weighted by atomic mass is 19.1. The molecule has 2 amide bonds. The van der Waals surface area contributed by atoms with Crippen LogP contribution in [0.3, 0.4) is 0 Å². The molecule has 0 radical (unpaired) electrons. The number of carbonyl (C=O) groups is 2. The highest BCUT2D eigenvalue weighted by Crippen LogP contribution is 2.41. The van der Waals surface area contributed by atoms with Gasteiger partial charge in [-0.3, -0.25) is 9.59 Å². The average Bonchev–Trinajstić information content (AvgIpc) is 3.69. The summed E-state index contributed by atoms with van der Waals surface area (Å²) in [7, 11) is 0. The summed E-state index contributed by atoms with van der Waals surface area (Å²) in [4.78, 5) is 36.8. The van der Waals surface area contributed by atoms with Crippen LogP contribution in [-0.2, 0) is 9.53 Å². The van der Waals surface area contributed by atoms with Crippen molar-refractivity contribution in [2.75, 3.05) is 32.8 Å². The number of benzene rings is 2. The zero-order valence-electron chi connectivity index (χ0n) is 21.7. The number of likely N-dealkylation sites (tertiary alicyclic amines) is 1. The third-order valence-corrected chi connectivity index (χ3v) is 7.92. The van der Waals surface area contributed by atoms with Crippen LogP contribution in [0.4, 0.5) is 4.39 Å². The predicted octanol–water partition coefficient (Wildman–Crippen LogP) is 3.17. The van der Waals surface area contributed by atoms with Crippen LogP contribution in [0.25, 0.3) is 11.4 Å². The fourth-order valence-corrected chi connectivity index (χ4v) is 5.52. The Hall–Kier alpha value is -3.69. The molecular weight excluding hydrogens is 497 g/mol. The summed E-state index contributed by atoms with van der Waals surface area (Å²) in [5, 5.41) is 6.54. The zero-order chi connectivity index (χ0) is 26.8. The molecular formula is C30H32FN5O3. The first-order valence-corrected chi connectivity index (χ1v) is 13.5. The van der Waals surface area contributed by atoms with Crippen LogP contribution in [0.15, 0.2) is 67.0 Å². The Labute approximate surface area is 227 Å². The van der Waals surface area contributed by atoms with Gasteiger partial charge in [0.1, 0.15) is 11.9 Å². The number of hydrogen-bond donors (Lipinski definition) is 2. The minimum Gasteiger partial charge on any atom is -0.380 e. The third-order valence-electron chi connectivity index (χ3n) is 7.92. The van der Waals surface area contributed by atoms with Gasteiger partial charge in [-0.05, 0) is 61.7 Å². The lowest BCUT2D eigenvalue weighted by molar-refractivity contribution is -0.196. The van der Waals surface area contributed by atoms with Crippen LogP contribution in [0.2, 0.25) is 0 Å². The first-order chi connectivity index (χ1) is 19.0. The Bertz CT molecular complexity index is 1310. The molecule has 2 N–H and O–H groups in total. The first kappa shape index (κ1) is 25.6. The van der Waals surface area contributed by atoms with E-state index in [1.165, 1.54) is 12.1 Å². The molecule has 3 heterocycles. The maximum Gasteiger partial charge on any atom is 0.251 e. The normalized spacial score (nSPS) is 21.5. The second-order valence-corrected chi connectivity index (χ2v) is 11.0. The van der Waals surface area contributed by atoms with Gasteiger partial charge in [0, 0.05) is 48.6 Å². The van der Waals surface area contributed by atoms with Crippen molar-refractivity contribution in [1.29, 1.82) is 0 Å². The molecule has 1 aliphatic carbocycles. The minimum atomic E-state index is -0.595. The van der Waals surface area contributed by atoms with Gasteiger partial charge in [0.05, 0.1) is 18.6 Å². The molecule has 3 aliphatic rings. The van der Waals surface area contributed by atoms with E-state index in [-0.39, 0.29) is 23.0 Å². The van der Waals surface area contributed by atoms with E-state index in [0.717, 1.165) is 30.5 Å². The van der Waals surface area contributed by atoms with Crippen LogP contribution in [0.1, 0.15) is 41.1 Å². The number of halogens is 1. The molecule has 1 spiro atoms. The van der Waals surface area contributed by atoms with Crippen LogP contribution in [0.5, 0.6) is 0 Å². The molecule has 8 nitrogen and oxygen atoms in total. The lowest BCUT2D eigenvalue weighted by Crippen LogP contribution is -2.69. The summed E-state index contributed by atoms with van der Waals surface area (Å²) in [5.74, 6) is 0.456. The first-order valence-electron chi connectivity index (χ1n) is 13.5. The summed E-state index contributed by atoms with van der Waals surface area (Å²) in [6.07, 6.45) is 5.66. The molecule has 2 aromatic carbocycles. The van der Waals surface area contributed by atoms with E-state index < -0.39 is 6.04 Å². The molecule has 1 saturated carbocycles. The Kier molecular flexibility index (Phi) is 7.10. The monoisotopic (exact) mass is 529 g/mol. The van der Waals surface area contributed by atoms with Gasteiger partial charge in [-0.2, -0.15) is 0 Å². The number of amides is 2. The second kappa shape index (κ2) is 10.8. The number of rotatable bonds is 10. The predicted molar refractivity (Wildman–Crippen MR) is 143 cm³/mol. The fourth-order valence-electron chi connectivity index (χ4n) is 5.52. The molecule has 2 saturated heterocycles. The maximum absolute atomic E-state index is 13.4. The van der Waals surface area contributed by atoms with E-state index in [2.05, 4.69) is 20.6 Å². The van der Waals surface area contributed by atoms with Crippen molar-refractivity contribution in [2.45, 2.75) is 37.3 Å². The Morgan fingerprint density at radius 3 is 2.44 bits per heavy atom. The highest BCUT2D eigenvalue weighted by Gasteiger charge is 2.51. The van der Waals surface area contributed by atoms with E-state index >= 15 is 0 Å². The van der Waals surface area contributed by atoms with Gasteiger partial charge < -0.3 is 20.3 Å². The molecule has 1 aromatic heterocycles. The summed E-state index contributed by atoms with van der Waals surface area (Å²) >= 11 is 0. The van der Waals surface area contributed by atoms with Crippen LogP contribution in [0, 0.1) is 11.2 Å². The molecule has 0 bridgehead atoms. The number of aromatic nitrogens is 2. The minimum absolute atomic E-state index is 0.0363. The molecule has 6 rings (SSSR count). The van der Waals surface area contributed by atoms with Crippen molar-refractivity contribution < 1.29 is 18.7 Å². The summed E-state index contributed by atoms with van der Waals surface area (Å²) in [6, 6.07) is 15.3. The van der Waals surface area contributed by atoms with Crippen molar-refractivity contribution >= 4 is 11.8 Å². The number of nitrogens with zero attached hydrogens (tertiary/aromatic N) is 3. The fraction of sp³-hybridized carbons (Fsp3) is 0.400. The average molecular weight is 530 g/mol. The van der Waals surface area contributed by atoms with Gasteiger partial charge in [0.15, 0.2) is 5.82 Å². The number of carbonyl (C=O) groups excluding carboxylic acids is 2. The Balaban J connectivity index is 1.04. The molecule has 0 unspecified atom stereocenters. The molecule has 3 fully saturated rings. The summed E-state index contributed by atoms with van der Waals surface area (Å²) < 4.78 is 18.6. The largest absolute Gasteiger partial charge is 0.380 e. The van der Waals surface area contributed by atoms with Crippen LogP contribution in [-0.4, -0.2) is 71.6 Å². The summed E-state index contributed by atoms with van der Waals surface area (Å²) in [5.41, 5.74) is 2.56. The molecule has 2 aliphatic heterocycles. The number of hydrogen-bond acceptors (Lipinski definition) is 6. The van der Waals surface area contributed by atoms with E-state index in [0.29, 0.717) is 56.1 Å². The van der Waals surface area contributed by atoms with E-state index in [4.69, 9.17) is 4.74 Å². The van der Waals surface area contributed by atoms with Crippen molar-refractivity contribution in [1.82, 2.24) is 25.5 Å². The van der Waals surface area contributed by atoms with Crippen molar-refractivity contribution in [3.05, 3.63) is 83.9 Å². The Morgan fingerprint density at radius 1 is 1.05 bits per heavy atom. The van der Waals surface area contributed by atoms with Gasteiger partial charge in [0.2, 0.25) is 5.91 Å². The molecule has 9 heteroatoms. The van der Waals surface area contributed by atoms with Gasteiger partial charge in [-0.1, -0.05) is 24.3 Å². The van der Waals surface area contributed by atoms with E-state index in [9.17, 15) is 14.0 Å². The summed E-state index contributed by atoms with van der Waals surface area (Å²) in [6.45, 7) is 3.51. The maximum atomic E-state index is 13.4. The van der Waals surface area contributed by atoms with Crippen LogP contribution < -0.4 is 10.6 Å².